The molecule has 0 heterocycles. The Kier molecular flexibility index (Phi) is 5.38. The van der Waals surface area contributed by atoms with Crippen molar-refractivity contribution < 1.29 is 8.42 Å². The fourth-order valence-electron chi connectivity index (χ4n) is 1.93. The number of nitrogens with zero attached hydrogens (tertiary/aromatic N) is 1. The van der Waals surface area contributed by atoms with Gasteiger partial charge in [0.05, 0.1) is 5.75 Å². The molecule has 1 aromatic carbocycles. The van der Waals surface area contributed by atoms with Gasteiger partial charge in [-0.2, -0.15) is 0 Å². The first kappa shape index (κ1) is 16.0. The van der Waals surface area contributed by atoms with E-state index in [0.717, 1.165) is 12.1 Å². The summed E-state index contributed by atoms with van der Waals surface area (Å²) >= 11 is 0. The van der Waals surface area contributed by atoms with E-state index in [1.165, 1.54) is 17.4 Å². The van der Waals surface area contributed by atoms with Crippen molar-refractivity contribution >= 4 is 15.5 Å². The van der Waals surface area contributed by atoms with Crippen LogP contribution in [0.15, 0.2) is 18.2 Å². The molecule has 1 aromatic rings. The van der Waals surface area contributed by atoms with Crippen molar-refractivity contribution in [2.45, 2.75) is 26.3 Å². The topological polar surface area (TPSA) is 63.4 Å². The lowest BCUT2D eigenvalue weighted by atomic mass is 10.0. The van der Waals surface area contributed by atoms with Gasteiger partial charge in [0, 0.05) is 31.6 Å². The van der Waals surface area contributed by atoms with Crippen LogP contribution < -0.4 is 10.6 Å². The molecule has 19 heavy (non-hydrogen) atoms. The highest BCUT2D eigenvalue weighted by molar-refractivity contribution is 7.90. The molecule has 0 bridgehead atoms. The Bertz CT molecular complexity index is 524. The molecule has 0 aliphatic rings. The van der Waals surface area contributed by atoms with E-state index in [0.29, 0.717) is 6.54 Å². The molecule has 5 heteroatoms. The summed E-state index contributed by atoms with van der Waals surface area (Å²) < 4.78 is 22.3. The molecular weight excluding hydrogens is 260 g/mol. The molecule has 108 valence electrons. The van der Waals surface area contributed by atoms with Gasteiger partial charge >= 0.3 is 0 Å². The minimum Gasteiger partial charge on any atom is -0.374 e. The molecule has 0 radical (unpaired) electrons. The fraction of sp³-hybridized carbons (Fsp3) is 0.571. The monoisotopic (exact) mass is 284 g/mol. The van der Waals surface area contributed by atoms with Gasteiger partial charge in [-0.25, -0.2) is 8.42 Å². The summed E-state index contributed by atoms with van der Waals surface area (Å²) in [6.45, 7) is 4.56. The highest BCUT2D eigenvalue weighted by atomic mass is 32.2. The number of hydrogen-bond acceptors (Lipinski definition) is 4. The lowest BCUT2D eigenvalue weighted by molar-refractivity contribution is 0.601. The molecule has 0 fully saturated rings. The second kappa shape index (κ2) is 6.39. The minimum absolute atomic E-state index is 0.146. The summed E-state index contributed by atoms with van der Waals surface area (Å²) in [5, 5.41) is 0. The van der Waals surface area contributed by atoms with E-state index in [1.807, 2.05) is 24.9 Å². The van der Waals surface area contributed by atoms with Crippen LogP contribution in [-0.2, 0) is 16.3 Å². The standard InChI is InChI=1S/C14H24N2O2S/c1-11-9-14(6-5-13(11)10-12(2)15)16(3)7-8-19(4,17)18/h5-6,9,12H,7-8,10,15H2,1-4H3. The third-order valence-electron chi connectivity index (χ3n) is 3.11. The first-order valence-corrected chi connectivity index (χ1v) is 8.49. The number of nitrogens with two attached hydrogens (primary N) is 1. The lowest BCUT2D eigenvalue weighted by Crippen LogP contribution is -2.25. The van der Waals surface area contributed by atoms with Crippen molar-refractivity contribution in [3.63, 3.8) is 0 Å². The number of benzene rings is 1. The van der Waals surface area contributed by atoms with E-state index in [2.05, 4.69) is 19.1 Å². The van der Waals surface area contributed by atoms with Gasteiger partial charge in [0.2, 0.25) is 0 Å². The van der Waals surface area contributed by atoms with Crippen molar-refractivity contribution in [2.75, 3.05) is 30.5 Å². The fourth-order valence-corrected chi connectivity index (χ4v) is 2.53. The van der Waals surface area contributed by atoms with Crippen molar-refractivity contribution in [2.24, 2.45) is 5.73 Å². The number of rotatable bonds is 6. The van der Waals surface area contributed by atoms with Gasteiger partial charge in [0.1, 0.15) is 9.84 Å². The summed E-state index contributed by atoms with van der Waals surface area (Å²) in [4.78, 5) is 1.96. The maximum Gasteiger partial charge on any atom is 0.149 e. The molecule has 0 saturated carbocycles. The Balaban J connectivity index is 2.77. The van der Waals surface area contributed by atoms with Crippen LogP contribution in [-0.4, -0.2) is 40.1 Å². The first-order chi connectivity index (χ1) is 8.69. The van der Waals surface area contributed by atoms with Crippen LogP contribution in [0.25, 0.3) is 0 Å². The van der Waals surface area contributed by atoms with E-state index in [4.69, 9.17) is 5.73 Å². The summed E-state index contributed by atoms with van der Waals surface area (Å²) in [6, 6.07) is 6.32. The largest absolute Gasteiger partial charge is 0.374 e. The Morgan fingerprint density at radius 3 is 2.47 bits per heavy atom. The highest BCUT2D eigenvalue weighted by Crippen LogP contribution is 2.19. The zero-order chi connectivity index (χ0) is 14.6. The van der Waals surface area contributed by atoms with Gasteiger partial charge in [-0.3, -0.25) is 0 Å². The molecule has 0 amide bonds. The van der Waals surface area contributed by atoms with Crippen molar-refractivity contribution in [1.82, 2.24) is 0 Å². The zero-order valence-corrected chi connectivity index (χ0v) is 13.0. The van der Waals surface area contributed by atoms with Crippen LogP contribution in [0.3, 0.4) is 0 Å². The average Bonchev–Trinajstić information content (AvgIpc) is 2.27. The van der Waals surface area contributed by atoms with Gasteiger partial charge in [-0.15, -0.1) is 0 Å². The molecule has 1 atom stereocenters. The predicted octanol–water partition coefficient (Wildman–Crippen LogP) is 1.37. The minimum atomic E-state index is -2.92. The smallest absolute Gasteiger partial charge is 0.149 e. The molecule has 0 aliphatic carbocycles. The van der Waals surface area contributed by atoms with Crippen LogP contribution in [0.2, 0.25) is 0 Å². The SMILES string of the molecule is Cc1cc(N(C)CCS(C)(=O)=O)ccc1CC(C)N. The summed E-state index contributed by atoms with van der Waals surface area (Å²) in [7, 11) is -1.01. The molecule has 0 spiro atoms. The van der Waals surface area contributed by atoms with Crippen LogP contribution in [0, 0.1) is 6.92 Å². The summed E-state index contributed by atoms with van der Waals surface area (Å²) in [6.07, 6.45) is 2.12. The van der Waals surface area contributed by atoms with Crippen LogP contribution in [0.1, 0.15) is 18.1 Å². The highest BCUT2D eigenvalue weighted by Gasteiger charge is 2.08. The number of sulfone groups is 1. The normalized spacial score (nSPS) is 13.3. The third-order valence-corrected chi connectivity index (χ3v) is 4.03. The van der Waals surface area contributed by atoms with Gasteiger partial charge < -0.3 is 10.6 Å². The van der Waals surface area contributed by atoms with Crippen LogP contribution in [0.4, 0.5) is 5.69 Å². The van der Waals surface area contributed by atoms with Crippen LogP contribution in [0.5, 0.6) is 0 Å². The van der Waals surface area contributed by atoms with E-state index in [1.54, 1.807) is 0 Å². The quantitative estimate of drug-likeness (QED) is 0.857. The van der Waals surface area contributed by atoms with Gasteiger partial charge in [-0.1, -0.05) is 6.07 Å². The summed E-state index contributed by atoms with van der Waals surface area (Å²) in [5.41, 5.74) is 9.29. The van der Waals surface area contributed by atoms with Gasteiger partial charge in [-0.05, 0) is 43.5 Å². The molecule has 1 unspecified atom stereocenters. The maximum absolute atomic E-state index is 11.2. The van der Waals surface area contributed by atoms with Crippen molar-refractivity contribution in [3.05, 3.63) is 29.3 Å². The Morgan fingerprint density at radius 2 is 2.00 bits per heavy atom. The molecular formula is C14H24N2O2S. The van der Waals surface area contributed by atoms with E-state index >= 15 is 0 Å². The number of anilines is 1. The maximum atomic E-state index is 11.2. The predicted molar refractivity (Wildman–Crippen MR) is 81.5 cm³/mol. The lowest BCUT2D eigenvalue weighted by Gasteiger charge is -2.20. The first-order valence-electron chi connectivity index (χ1n) is 6.43. The Labute approximate surface area is 116 Å². The second-order valence-electron chi connectivity index (χ2n) is 5.34. The number of aryl methyl sites for hydroxylation is 1. The Morgan fingerprint density at radius 1 is 1.37 bits per heavy atom. The van der Waals surface area contributed by atoms with E-state index in [9.17, 15) is 8.42 Å². The molecule has 0 aromatic heterocycles. The molecule has 0 aliphatic heterocycles. The Hall–Kier alpha value is -1.07. The van der Waals surface area contributed by atoms with Crippen molar-refractivity contribution in [3.8, 4) is 0 Å². The van der Waals surface area contributed by atoms with Crippen LogP contribution >= 0.6 is 0 Å². The van der Waals surface area contributed by atoms with Gasteiger partial charge in [0.15, 0.2) is 0 Å². The molecule has 4 nitrogen and oxygen atoms in total. The number of hydrogen-bond donors (Lipinski definition) is 1. The van der Waals surface area contributed by atoms with E-state index in [-0.39, 0.29) is 11.8 Å². The average molecular weight is 284 g/mol. The van der Waals surface area contributed by atoms with Gasteiger partial charge in [0.25, 0.3) is 0 Å². The third kappa shape index (κ3) is 5.61. The molecule has 2 N–H and O–H groups in total. The molecule has 1 rings (SSSR count). The zero-order valence-electron chi connectivity index (χ0n) is 12.2. The van der Waals surface area contributed by atoms with Crippen molar-refractivity contribution in [1.29, 1.82) is 0 Å². The summed E-state index contributed by atoms with van der Waals surface area (Å²) in [5.74, 6) is 0.171. The second-order valence-corrected chi connectivity index (χ2v) is 7.60. The molecule has 0 saturated heterocycles. The van der Waals surface area contributed by atoms with E-state index < -0.39 is 9.84 Å².